The SMILES string of the molecule is O=C1CSC(c2ccc(C(F)(F)F)cc2)N1c1ccc(Cn2cncn2)cc1. The number of amides is 1. The van der Waals surface area contributed by atoms with Crippen LogP contribution in [0.15, 0.2) is 61.2 Å². The number of carbonyl (C=O) groups excluding carboxylic acids is 1. The highest BCUT2D eigenvalue weighted by Crippen LogP contribution is 2.42. The smallest absolute Gasteiger partial charge is 0.295 e. The molecule has 1 saturated heterocycles. The molecule has 0 bridgehead atoms. The molecule has 1 amide bonds. The van der Waals surface area contributed by atoms with Gasteiger partial charge < -0.3 is 0 Å². The van der Waals surface area contributed by atoms with Gasteiger partial charge in [0.1, 0.15) is 18.0 Å². The van der Waals surface area contributed by atoms with E-state index in [1.807, 2.05) is 24.3 Å². The molecule has 1 unspecified atom stereocenters. The normalized spacial score (nSPS) is 17.3. The predicted molar refractivity (Wildman–Crippen MR) is 99.7 cm³/mol. The molecule has 1 aliphatic heterocycles. The number of rotatable bonds is 4. The Balaban J connectivity index is 1.56. The lowest BCUT2D eigenvalue weighted by Gasteiger charge is -2.25. The van der Waals surface area contributed by atoms with Gasteiger partial charge in [-0.15, -0.1) is 11.8 Å². The van der Waals surface area contributed by atoms with Crippen molar-refractivity contribution in [1.82, 2.24) is 14.8 Å². The number of carbonyl (C=O) groups is 1. The van der Waals surface area contributed by atoms with Crippen molar-refractivity contribution in [2.24, 2.45) is 0 Å². The van der Waals surface area contributed by atoms with Gasteiger partial charge in [-0.05, 0) is 35.4 Å². The highest BCUT2D eigenvalue weighted by Gasteiger charge is 2.35. The highest BCUT2D eigenvalue weighted by atomic mass is 32.2. The van der Waals surface area contributed by atoms with Crippen LogP contribution in [0.3, 0.4) is 0 Å². The number of nitrogens with zero attached hydrogens (tertiary/aromatic N) is 4. The van der Waals surface area contributed by atoms with Crippen molar-refractivity contribution in [2.45, 2.75) is 18.1 Å². The lowest BCUT2D eigenvalue weighted by molar-refractivity contribution is -0.137. The molecular weight excluding hydrogens is 389 g/mol. The van der Waals surface area contributed by atoms with E-state index in [-0.39, 0.29) is 17.0 Å². The molecule has 3 aromatic rings. The van der Waals surface area contributed by atoms with Crippen molar-refractivity contribution >= 4 is 23.4 Å². The van der Waals surface area contributed by atoms with Crippen LogP contribution in [-0.2, 0) is 17.5 Å². The maximum absolute atomic E-state index is 12.8. The number of anilines is 1. The second kappa shape index (κ2) is 7.31. The van der Waals surface area contributed by atoms with Crippen LogP contribution in [0.2, 0.25) is 0 Å². The van der Waals surface area contributed by atoms with Crippen LogP contribution in [0, 0.1) is 0 Å². The molecule has 2 heterocycles. The van der Waals surface area contributed by atoms with E-state index in [1.54, 1.807) is 15.9 Å². The topological polar surface area (TPSA) is 51.0 Å². The van der Waals surface area contributed by atoms with E-state index in [9.17, 15) is 18.0 Å². The summed E-state index contributed by atoms with van der Waals surface area (Å²) in [5.74, 6) is 0.214. The number of alkyl halides is 3. The van der Waals surface area contributed by atoms with Crippen LogP contribution < -0.4 is 4.90 Å². The van der Waals surface area contributed by atoms with Crippen LogP contribution in [0.1, 0.15) is 22.1 Å². The van der Waals surface area contributed by atoms with Crippen LogP contribution in [0.5, 0.6) is 0 Å². The van der Waals surface area contributed by atoms with Gasteiger partial charge >= 0.3 is 6.18 Å². The molecule has 9 heteroatoms. The van der Waals surface area contributed by atoms with Gasteiger partial charge in [-0.2, -0.15) is 18.3 Å². The Morgan fingerprint density at radius 2 is 1.79 bits per heavy atom. The number of hydrogen-bond donors (Lipinski definition) is 0. The van der Waals surface area contributed by atoms with Gasteiger partial charge in [-0.3, -0.25) is 9.69 Å². The Bertz CT molecular complexity index is 956. The van der Waals surface area contributed by atoms with E-state index < -0.39 is 11.7 Å². The van der Waals surface area contributed by atoms with Crippen LogP contribution in [0.4, 0.5) is 18.9 Å². The van der Waals surface area contributed by atoms with Crippen molar-refractivity contribution in [3.8, 4) is 0 Å². The van der Waals surface area contributed by atoms with Gasteiger partial charge in [0.15, 0.2) is 0 Å². The molecule has 0 spiro atoms. The van der Waals surface area contributed by atoms with E-state index in [1.165, 1.54) is 30.2 Å². The van der Waals surface area contributed by atoms with Crippen LogP contribution in [0.25, 0.3) is 0 Å². The average Bonchev–Trinajstić information content (AvgIpc) is 3.32. The largest absolute Gasteiger partial charge is 0.416 e. The summed E-state index contributed by atoms with van der Waals surface area (Å²) in [6, 6.07) is 12.5. The number of hydrogen-bond acceptors (Lipinski definition) is 4. The second-order valence-corrected chi connectivity index (χ2v) is 7.37. The van der Waals surface area contributed by atoms with Crippen molar-refractivity contribution in [3.05, 3.63) is 77.9 Å². The zero-order valence-corrected chi connectivity index (χ0v) is 15.3. The molecular formula is C19H15F3N4OS. The molecule has 1 aliphatic rings. The first-order chi connectivity index (χ1) is 13.4. The standard InChI is InChI=1S/C19H15F3N4OS/c20-19(21,22)15-5-3-14(4-6-15)18-26(17(27)10-28-18)16-7-1-13(2-8-16)9-25-12-23-11-24-25/h1-8,11-12,18H,9-10H2. The minimum absolute atomic E-state index is 0.0704. The third-order valence-electron chi connectivity index (χ3n) is 4.42. The summed E-state index contributed by atoms with van der Waals surface area (Å²) in [7, 11) is 0. The van der Waals surface area contributed by atoms with E-state index in [0.29, 0.717) is 17.8 Å². The molecule has 1 fully saturated rings. The van der Waals surface area contributed by atoms with Gasteiger partial charge in [0.2, 0.25) is 5.91 Å². The van der Waals surface area contributed by atoms with E-state index in [0.717, 1.165) is 17.7 Å². The zero-order chi connectivity index (χ0) is 19.7. The second-order valence-electron chi connectivity index (χ2n) is 6.31. The third-order valence-corrected chi connectivity index (χ3v) is 5.63. The molecule has 1 atom stereocenters. The first-order valence-corrected chi connectivity index (χ1v) is 9.49. The summed E-state index contributed by atoms with van der Waals surface area (Å²) >= 11 is 1.40. The Kier molecular flexibility index (Phi) is 4.84. The fourth-order valence-electron chi connectivity index (χ4n) is 3.05. The molecule has 4 rings (SSSR count). The number of thioether (sulfide) groups is 1. The Labute approximate surface area is 163 Å². The summed E-state index contributed by atoms with van der Waals surface area (Å²) in [4.78, 5) is 18.0. The summed E-state index contributed by atoms with van der Waals surface area (Å²) in [6.45, 7) is 0.561. The fourth-order valence-corrected chi connectivity index (χ4v) is 4.23. The summed E-state index contributed by atoms with van der Waals surface area (Å²) in [6.07, 6.45) is -1.30. The molecule has 0 N–H and O–H groups in total. The van der Waals surface area contributed by atoms with E-state index in [4.69, 9.17) is 0 Å². The van der Waals surface area contributed by atoms with Gasteiger partial charge in [-0.25, -0.2) is 9.67 Å². The third kappa shape index (κ3) is 3.75. The van der Waals surface area contributed by atoms with Gasteiger partial charge in [0, 0.05) is 5.69 Å². The first-order valence-electron chi connectivity index (χ1n) is 8.44. The summed E-state index contributed by atoms with van der Waals surface area (Å²) in [5, 5.41) is 3.71. The number of aromatic nitrogens is 3. The minimum Gasteiger partial charge on any atom is -0.295 e. The lowest BCUT2D eigenvalue weighted by Crippen LogP contribution is -2.27. The Morgan fingerprint density at radius 1 is 1.07 bits per heavy atom. The van der Waals surface area contributed by atoms with E-state index in [2.05, 4.69) is 10.1 Å². The predicted octanol–water partition coefficient (Wildman–Crippen LogP) is 4.12. The quantitative estimate of drug-likeness (QED) is 0.656. The maximum Gasteiger partial charge on any atom is 0.416 e. The lowest BCUT2D eigenvalue weighted by atomic mass is 10.1. The molecule has 0 aliphatic carbocycles. The van der Waals surface area contributed by atoms with Crippen molar-refractivity contribution < 1.29 is 18.0 Å². The molecule has 0 radical (unpaired) electrons. The van der Waals surface area contributed by atoms with Crippen molar-refractivity contribution in [3.63, 3.8) is 0 Å². The first kappa shape index (κ1) is 18.5. The Hall–Kier alpha value is -2.81. The molecule has 28 heavy (non-hydrogen) atoms. The maximum atomic E-state index is 12.8. The van der Waals surface area contributed by atoms with Gasteiger partial charge in [-0.1, -0.05) is 24.3 Å². The fraction of sp³-hybridized carbons (Fsp3) is 0.211. The monoisotopic (exact) mass is 404 g/mol. The average molecular weight is 404 g/mol. The summed E-state index contributed by atoms with van der Waals surface area (Å²) in [5.41, 5.74) is 1.67. The molecule has 1 aromatic heterocycles. The zero-order valence-electron chi connectivity index (χ0n) is 14.5. The van der Waals surface area contributed by atoms with Crippen LogP contribution >= 0.6 is 11.8 Å². The molecule has 5 nitrogen and oxygen atoms in total. The van der Waals surface area contributed by atoms with Crippen LogP contribution in [-0.4, -0.2) is 26.4 Å². The summed E-state index contributed by atoms with van der Waals surface area (Å²) < 4.78 is 40.1. The van der Waals surface area contributed by atoms with Gasteiger partial charge in [0.25, 0.3) is 0 Å². The Morgan fingerprint density at radius 3 is 2.39 bits per heavy atom. The van der Waals surface area contributed by atoms with Crippen molar-refractivity contribution in [2.75, 3.05) is 10.7 Å². The van der Waals surface area contributed by atoms with Crippen molar-refractivity contribution in [1.29, 1.82) is 0 Å². The number of benzene rings is 2. The van der Waals surface area contributed by atoms with E-state index >= 15 is 0 Å². The number of halogens is 3. The van der Waals surface area contributed by atoms with Gasteiger partial charge in [0.05, 0.1) is 17.9 Å². The molecule has 144 valence electrons. The highest BCUT2D eigenvalue weighted by molar-refractivity contribution is 8.00. The minimum atomic E-state index is -4.38. The molecule has 2 aromatic carbocycles. The molecule has 0 saturated carbocycles.